The molecule has 1 aliphatic heterocycles. The number of fused-ring (bicyclic) bond motifs is 1. The van der Waals surface area contributed by atoms with Gasteiger partial charge in [-0.15, -0.1) is 11.6 Å². The third-order valence-electron chi connectivity index (χ3n) is 3.88. The summed E-state index contributed by atoms with van der Waals surface area (Å²) in [4.78, 5) is 4.31. The van der Waals surface area contributed by atoms with Gasteiger partial charge >= 0.3 is 0 Å². The monoisotopic (exact) mass is 296 g/mol. The highest BCUT2D eigenvalue weighted by Gasteiger charge is 2.17. The Bertz CT molecular complexity index is 593. The molecule has 108 valence electrons. The molecule has 2 heterocycles. The Morgan fingerprint density at radius 3 is 3.05 bits per heavy atom. The van der Waals surface area contributed by atoms with Gasteiger partial charge in [-0.2, -0.15) is 0 Å². The highest BCUT2D eigenvalue weighted by molar-refractivity contribution is 6.16. The summed E-state index contributed by atoms with van der Waals surface area (Å²) in [5.41, 5.74) is 1.23. The van der Waals surface area contributed by atoms with Crippen LogP contribution in [-0.4, -0.2) is 22.3 Å². The summed E-state index contributed by atoms with van der Waals surface area (Å²) in [6.45, 7) is 1.62. The molecule has 1 aromatic heterocycles. The van der Waals surface area contributed by atoms with E-state index in [4.69, 9.17) is 16.3 Å². The number of halogens is 2. The zero-order valence-corrected chi connectivity index (χ0v) is 12.1. The molecule has 1 unspecified atom stereocenters. The number of aryl methyl sites for hydroxylation is 1. The van der Waals surface area contributed by atoms with Crippen molar-refractivity contribution >= 4 is 22.6 Å². The van der Waals surface area contributed by atoms with Crippen LogP contribution in [0.5, 0.6) is 0 Å². The summed E-state index contributed by atoms with van der Waals surface area (Å²) < 4.78 is 21.5. The van der Waals surface area contributed by atoms with Gasteiger partial charge in [0.15, 0.2) is 5.82 Å². The number of ether oxygens (including phenoxy) is 1. The van der Waals surface area contributed by atoms with E-state index in [1.54, 1.807) is 6.07 Å². The fraction of sp³-hybridized carbons (Fsp3) is 0.533. The Hall–Kier alpha value is -1.13. The summed E-state index contributed by atoms with van der Waals surface area (Å²) in [6, 6.07) is 5.04. The Labute approximate surface area is 122 Å². The Morgan fingerprint density at radius 2 is 2.30 bits per heavy atom. The molecule has 0 N–H and O–H groups in total. The first-order valence-corrected chi connectivity index (χ1v) is 7.64. The second-order valence-corrected chi connectivity index (χ2v) is 5.47. The van der Waals surface area contributed by atoms with E-state index >= 15 is 0 Å². The SMILES string of the molecule is Fc1cccc2c1nc(CCl)n2CCC1CCCCO1. The smallest absolute Gasteiger partial charge is 0.151 e. The second-order valence-electron chi connectivity index (χ2n) is 5.20. The van der Waals surface area contributed by atoms with Gasteiger partial charge in [0.25, 0.3) is 0 Å². The Balaban J connectivity index is 1.84. The predicted molar refractivity (Wildman–Crippen MR) is 77.5 cm³/mol. The van der Waals surface area contributed by atoms with Crippen molar-refractivity contribution in [2.75, 3.05) is 6.61 Å². The number of alkyl halides is 1. The summed E-state index contributed by atoms with van der Waals surface area (Å²) in [5, 5.41) is 0. The maximum atomic E-state index is 13.8. The molecule has 1 fully saturated rings. The summed E-state index contributed by atoms with van der Waals surface area (Å²) >= 11 is 5.94. The Kier molecular flexibility index (Phi) is 4.22. The van der Waals surface area contributed by atoms with Crippen LogP contribution in [0.3, 0.4) is 0 Å². The number of benzene rings is 1. The highest BCUT2D eigenvalue weighted by atomic mass is 35.5. The van der Waals surface area contributed by atoms with Gasteiger partial charge in [-0.05, 0) is 37.8 Å². The number of rotatable bonds is 4. The lowest BCUT2D eigenvalue weighted by molar-refractivity contribution is 0.00889. The first-order chi connectivity index (χ1) is 9.79. The molecule has 0 radical (unpaired) electrons. The third kappa shape index (κ3) is 2.67. The van der Waals surface area contributed by atoms with E-state index in [-0.39, 0.29) is 5.82 Å². The van der Waals surface area contributed by atoms with Crippen molar-refractivity contribution in [3.8, 4) is 0 Å². The van der Waals surface area contributed by atoms with Crippen LogP contribution in [-0.2, 0) is 17.2 Å². The van der Waals surface area contributed by atoms with Gasteiger partial charge in [0.1, 0.15) is 11.3 Å². The lowest BCUT2D eigenvalue weighted by Crippen LogP contribution is -2.21. The Morgan fingerprint density at radius 1 is 1.40 bits per heavy atom. The molecule has 0 saturated carbocycles. The van der Waals surface area contributed by atoms with Crippen molar-refractivity contribution in [3.63, 3.8) is 0 Å². The normalized spacial score (nSPS) is 19.6. The standard InChI is InChI=1S/C15H18ClFN2O/c16-10-14-18-15-12(17)5-3-6-13(15)19(14)8-7-11-4-1-2-9-20-11/h3,5-6,11H,1-2,4,7-10H2. The van der Waals surface area contributed by atoms with Gasteiger partial charge in [-0.3, -0.25) is 0 Å². The number of hydrogen-bond acceptors (Lipinski definition) is 2. The topological polar surface area (TPSA) is 27.1 Å². The minimum absolute atomic E-state index is 0.290. The van der Waals surface area contributed by atoms with Crippen molar-refractivity contribution in [1.29, 1.82) is 0 Å². The molecule has 1 aliphatic rings. The maximum absolute atomic E-state index is 13.8. The molecule has 1 atom stereocenters. The summed E-state index contributed by atoms with van der Waals surface area (Å²) in [6.07, 6.45) is 4.72. The zero-order chi connectivity index (χ0) is 13.9. The molecule has 3 rings (SSSR count). The number of nitrogens with zero attached hydrogens (tertiary/aromatic N) is 2. The van der Waals surface area contributed by atoms with Gasteiger partial charge < -0.3 is 9.30 Å². The van der Waals surface area contributed by atoms with E-state index < -0.39 is 0 Å². The van der Waals surface area contributed by atoms with E-state index in [0.717, 1.165) is 43.8 Å². The van der Waals surface area contributed by atoms with Crippen molar-refractivity contribution in [2.45, 2.75) is 44.2 Å². The van der Waals surface area contributed by atoms with Crippen LogP contribution in [0.2, 0.25) is 0 Å². The van der Waals surface area contributed by atoms with Crippen molar-refractivity contribution < 1.29 is 9.13 Å². The molecule has 0 bridgehead atoms. The minimum Gasteiger partial charge on any atom is -0.378 e. The highest BCUT2D eigenvalue weighted by Crippen LogP contribution is 2.23. The quantitative estimate of drug-likeness (QED) is 0.801. The van der Waals surface area contributed by atoms with E-state index in [2.05, 4.69) is 4.98 Å². The van der Waals surface area contributed by atoms with E-state index in [1.807, 2.05) is 10.6 Å². The largest absolute Gasteiger partial charge is 0.378 e. The van der Waals surface area contributed by atoms with Crippen LogP contribution in [0.25, 0.3) is 11.0 Å². The van der Waals surface area contributed by atoms with Crippen molar-refractivity contribution in [3.05, 3.63) is 29.8 Å². The van der Waals surface area contributed by atoms with Gasteiger partial charge in [0.05, 0.1) is 17.5 Å². The number of hydrogen-bond donors (Lipinski definition) is 0. The van der Waals surface area contributed by atoms with Crippen LogP contribution in [0.15, 0.2) is 18.2 Å². The third-order valence-corrected chi connectivity index (χ3v) is 4.12. The second kappa shape index (κ2) is 6.10. The van der Waals surface area contributed by atoms with Crippen LogP contribution < -0.4 is 0 Å². The molecular formula is C15H18ClFN2O. The lowest BCUT2D eigenvalue weighted by Gasteiger charge is -2.23. The summed E-state index contributed by atoms with van der Waals surface area (Å²) in [7, 11) is 0. The molecule has 1 saturated heterocycles. The molecule has 1 aromatic carbocycles. The van der Waals surface area contributed by atoms with Crippen LogP contribution in [0.1, 0.15) is 31.5 Å². The first-order valence-electron chi connectivity index (χ1n) is 7.11. The van der Waals surface area contributed by atoms with E-state index in [1.165, 1.54) is 12.5 Å². The number of para-hydroxylation sites is 1. The fourth-order valence-electron chi connectivity index (χ4n) is 2.82. The van der Waals surface area contributed by atoms with Crippen LogP contribution in [0, 0.1) is 5.82 Å². The molecule has 2 aromatic rings. The molecule has 0 aliphatic carbocycles. The van der Waals surface area contributed by atoms with E-state index in [0.29, 0.717) is 17.5 Å². The molecule has 3 nitrogen and oxygen atoms in total. The fourth-order valence-corrected chi connectivity index (χ4v) is 3.02. The predicted octanol–water partition coefficient (Wildman–Crippen LogP) is 3.87. The first kappa shape index (κ1) is 13.8. The lowest BCUT2D eigenvalue weighted by atomic mass is 10.1. The zero-order valence-electron chi connectivity index (χ0n) is 11.3. The summed E-state index contributed by atoms with van der Waals surface area (Å²) in [5.74, 6) is 0.726. The van der Waals surface area contributed by atoms with Gasteiger partial charge in [-0.25, -0.2) is 9.37 Å². The van der Waals surface area contributed by atoms with Crippen molar-refractivity contribution in [2.24, 2.45) is 0 Å². The van der Waals surface area contributed by atoms with Crippen molar-refractivity contribution in [1.82, 2.24) is 9.55 Å². The number of aromatic nitrogens is 2. The molecule has 0 amide bonds. The minimum atomic E-state index is -0.290. The molecular weight excluding hydrogens is 279 g/mol. The van der Waals surface area contributed by atoms with E-state index in [9.17, 15) is 4.39 Å². The van der Waals surface area contributed by atoms with Gasteiger partial charge in [0, 0.05) is 13.2 Å². The average Bonchev–Trinajstić information content (AvgIpc) is 2.85. The van der Waals surface area contributed by atoms with Crippen LogP contribution >= 0.6 is 11.6 Å². The molecule has 20 heavy (non-hydrogen) atoms. The van der Waals surface area contributed by atoms with Gasteiger partial charge in [0.2, 0.25) is 0 Å². The molecule has 0 spiro atoms. The van der Waals surface area contributed by atoms with Gasteiger partial charge in [-0.1, -0.05) is 6.07 Å². The van der Waals surface area contributed by atoms with Crippen LogP contribution in [0.4, 0.5) is 4.39 Å². The maximum Gasteiger partial charge on any atom is 0.151 e. The average molecular weight is 297 g/mol. The number of imidazole rings is 1. The molecule has 5 heteroatoms.